The van der Waals surface area contributed by atoms with Crippen molar-refractivity contribution in [2.75, 3.05) is 19.7 Å². The van der Waals surface area contributed by atoms with Gasteiger partial charge in [-0.3, -0.25) is 0 Å². The van der Waals surface area contributed by atoms with Gasteiger partial charge in [0.2, 0.25) is 0 Å². The minimum absolute atomic E-state index is 0.236. The van der Waals surface area contributed by atoms with Gasteiger partial charge in [0.1, 0.15) is 18.0 Å². The highest BCUT2D eigenvalue weighted by Crippen LogP contribution is 2.18. The smallest absolute Gasteiger partial charge is 0.120 e. The Kier molecular flexibility index (Phi) is 5.06. The quantitative estimate of drug-likeness (QED) is 0.804. The van der Waals surface area contributed by atoms with Gasteiger partial charge in [-0.1, -0.05) is 24.6 Å². The normalized spacial score (nSPS) is 14.5. The number of halogens is 1. The van der Waals surface area contributed by atoms with Gasteiger partial charge in [0, 0.05) is 11.6 Å². The van der Waals surface area contributed by atoms with E-state index in [1.165, 1.54) is 0 Å². The minimum atomic E-state index is -0.877. The summed E-state index contributed by atoms with van der Waals surface area (Å²) >= 11 is 5.82. The van der Waals surface area contributed by atoms with Crippen molar-refractivity contribution < 1.29 is 9.84 Å². The fourth-order valence-electron chi connectivity index (χ4n) is 1.24. The van der Waals surface area contributed by atoms with Gasteiger partial charge >= 0.3 is 0 Å². The zero-order valence-electron chi connectivity index (χ0n) is 9.66. The Hall–Kier alpha value is -0.770. The molecule has 0 radical (unpaired) electrons. The maximum Gasteiger partial charge on any atom is 0.120 e. The molecule has 0 heterocycles. The van der Waals surface area contributed by atoms with E-state index < -0.39 is 5.60 Å². The van der Waals surface area contributed by atoms with Crippen LogP contribution >= 0.6 is 11.6 Å². The summed E-state index contributed by atoms with van der Waals surface area (Å²) in [6.07, 6.45) is 0. The van der Waals surface area contributed by atoms with E-state index in [4.69, 9.17) is 16.3 Å². The molecule has 3 nitrogen and oxygen atoms in total. The van der Waals surface area contributed by atoms with Crippen LogP contribution in [-0.2, 0) is 0 Å². The Morgan fingerprint density at radius 1 is 1.50 bits per heavy atom. The van der Waals surface area contributed by atoms with Crippen LogP contribution in [0.15, 0.2) is 24.3 Å². The fraction of sp³-hybridized carbons (Fsp3) is 0.500. The third kappa shape index (κ3) is 4.84. The molecule has 0 saturated heterocycles. The van der Waals surface area contributed by atoms with Gasteiger partial charge in [-0.25, -0.2) is 0 Å². The summed E-state index contributed by atoms with van der Waals surface area (Å²) in [6.45, 7) is 5.30. The Morgan fingerprint density at radius 2 is 2.25 bits per heavy atom. The van der Waals surface area contributed by atoms with E-state index in [2.05, 4.69) is 5.32 Å². The van der Waals surface area contributed by atoms with Crippen molar-refractivity contribution in [3.05, 3.63) is 29.3 Å². The zero-order valence-corrected chi connectivity index (χ0v) is 10.4. The van der Waals surface area contributed by atoms with Crippen molar-refractivity contribution in [3.8, 4) is 5.75 Å². The molecular weight excluding hydrogens is 226 g/mol. The molecular formula is C12H18ClNO2. The van der Waals surface area contributed by atoms with Crippen molar-refractivity contribution in [1.82, 2.24) is 5.32 Å². The predicted octanol–water partition coefficient (Wildman–Crippen LogP) is 2.08. The molecule has 1 atom stereocenters. The lowest BCUT2D eigenvalue weighted by Gasteiger charge is -2.23. The first kappa shape index (κ1) is 13.3. The van der Waals surface area contributed by atoms with E-state index in [-0.39, 0.29) is 6.61 Å². The van der Waals surface area contributed by atoms with Crippen molar-refractivity contribution in [2.24, 2.45) is 0 Å². The van der Waals surface area contributed by atoms with Crippen molar-refractivity contribution in [3.63, 3.8) is 0 Å². The van der Waals surface area contributed by atoms with Gasteiger partial charge in [0.05, 0.1) is 0 Å². The number of benzene rings is 1. The number of rotatable bonds is 6. The molecule has 0 fully saturated rings. The SMILES string of the molecule is CCNCC(C)(O)COc1cccc(Cl)c1. The van der Waals surface area contributed by atoms with Crippen LogP contribution in [0.1, 0.15) is 13.8 Å². The maximum atomic E-state index is 9.96. The molecule has 0 aliphatic heterocycles. The van der Waals surface area contributed by atoms with Gasteiger partial charge in [-0.15, -0.1) is 0 Å². The lowest BCUT2D eigenvalue weighted by atomic mass is 10.1. The van der Waals surface area contributed by atoms with Gasteiger partial charge < -0.3 is 15.2 Å². The van der Waals surface area contributed by atoms with Crippen LogP contribution in [0.2, 0.25) is 5.02 Å². The summed E-state index contributed by atoms with van der Waals surface area (Å²) < 4.78 is 5.47. The standard InChI is InChI=1S/C12H18ClNO2/c1-3-14-8-12(2,15)9-16-11-6-4-5-10(13)7-11/h4-7,14-15H,3,8-9H2,1-2H3. The first-order valence-corrected chi connectivity index (χ1v) is 5.73. The topological polar surface area (TPSA) is 41.5 Å². The molecule has 0 saturated carbocycles. The number of hydrogen-bond acceptors (Lipinski definition) is 3. The van der Waals surface area contributed by atoms with E-state index in [0.717, 1.165) is 6.54 Å². The summed E-state index contributed by atoms with van der Waals surface area (Å²) in [5.41, 5.74) is -0.877. The van der Waals surface area contributed by atoms with Crippen molar-refractivity contribution >= 4 is 11.6 Å². The summed E-state index contributed by atoms with van der Waals surface area (Å²) in [5.74, 6) is 0.671. The zero-order chi connectivity index (χ0) is 12.0. The first-order valence-electron chi connectivity index (χ1n) is 5.35. The van der Waals surface area contributed by atoms with E-state index in [0.29, 0.717) is 17.3 Å². The number of nitrogens with one attached hydrogen (secondary N) is 1. The summed E-state index contributed by atoms with van der Waals surface area (Å²) in [4.78, 5) is 0. The molecule has 0 spiro atoms. The Morgan fingerprint density at radius 3 is 2.88 bits per heavy atom. The number of aliphatic hydroxyl groups is 1. The third-order valence-electron chi connectivity index (χ3n) is 2.10. The number of likely N-dealkylation sites (N-methyl/N-ethyl adjacent to an activating group) is 1. The van der Waals surface area contributed by atoms with E-state index in [1.54, 1.807) is 19.1 Å². The summed E-state index contributed by atoms with van der Waals surface area (Å²) in [6, 6.07) is 7.14. The Balaban J connectivity index is 2.44. The van der Waals surface area contributed by atoms with E-state index >= 15 is 0 Å². The van der Waals surface area contributed by atoms with E-state index in [9.17, 15) is 5.11 Å². The monoisotopic (exact) mass is 243 g/mol. The molecule has 0 aromatic heterocycles. The minimum Gasteiger partial charge on any atom is -0.491 e. The molecule has 4 heteroatoms. The van der Waals surface area contributed by atoms with Gasteiger partial charge in [0.25, 0.3) is 0 Å². The molecule has 0 bridgehead atoms. The van der Waals surface area contributed by atoms with Crippen LogP contribution in [-0.4, -0.2) is 30.4 Å². The van der Waals surface area contributed by atoms with Crippen LogP contribution in [0.25, 0.3) is 0 Å². The molecule has 0 amide bonds. The average Bonchev–Trinajstić information content (AvgIpc) is 2.24. The summed E-state index contributed by atoms with van der Waals surface area (Å²) in [7, 11) is 0. The molecule has 1 rings (SSSR count). The van der Waals surface area contributed by atoms with Crippen LogP contribution < -0.4 is 10.1 Å². The highest BCUT2D eigenvalue weighted by molar-refractivity contribution is 6.30. The second kappa shape index (κ2) is 6.09. The molecule has 1 aromatic carbocycles. The second-order valence-electron chi connectivity index (χ2n) is 4.02. The number of ether oxygens (including phenoxy) is 1. The molecule has 1 aromatic rings. The Bertz CT molecular complexity index is 329. The average molecular weight is 244 g/mol. The first-order chi connectivity index (χ1) is 7.53. The lowest BCUT2D eigenvalue weighted by molar-refractivity contribution is 0.0127. The van der Waals surface area contributed by atoms with Crippen LogP contribution in [0, 0.1) is 0 Å². The molecule has 2 N–H and O–H groups in total. The van der Waals surface area contributed by atoms with Crippen LogP contribution in [0.5, 0.6) is 5.75 Å². The molecule has 90 valence electrons. The second-order valence-corrected chi connectivity index (χ2v) is 4.46. The van der Waals surface area contributed by atoms with Crippen molar-refractivity contribution in [2.45, 2.75) is 19.4 Å². The molecule has 0 aliphatic carbocycles. The lowest BCUT2D eigenvalue weighted by Crippen LogP contribution is -2.42. The molecule has 0 aliphatic rings. The molecule has 1 unspecified atom stereocenters. The highest BCUT2D eigenvalue weighted by atomic mass is 35.5. The third-order valence-corrected chi connectivity index (χ3v) is 2.34. The fourth-order valence-corrected chi connectivity index (χ4v) is 1.42. The van der Waals surface area contributed by atoms with Gasteiger partial charge in [-0.2, -0.15) is 0 Å². The van der Waals surface area contributed by atoms with E-state index in [1.807, 2.05) is 19.1 Å². The van der Waals surface area contributed by atoms with Crippen LogP contribution in [0.3, 0.4) is 0 Å². The predicted molar refractivity (Wildman–Crippen MR) is 66.1 cm³/mol. The molecule has 16 heavy (non-hydrogen) atoms. The van der Waals surface area contributed by atoms with Gasteiger partial charge in [-0.05, 0) is 31.7 Å². The van der Waals surface area contributed by atoms with Gasteiger partial charge in [0.15, 0.2) is 0 Å². The number of hydrogen-bond donors (Lipinski definition) is 2. The maximum absolute atomic E-state index is 9.96. The highest BCUT2D eigenvalue weighted by Gasteiger charge is 2.20. The summed E-state index contributed by atoms with van der Waals surface area (Å²) in [5, 5.41) is 13.7. The Labute approximate surface area is 101 Å². The van der Waals surface area contributed by atoms with Crippen molar-refractivity contribution in [1.29, 1.82) is 0 Å². The van der Waals surface area contributed by atoms with Crippen LogP contribution in [0.4, 0.5) is 0 Å². The largest absolute Gasteiger partial charge is 0.491 e.